The molecule has 0 bridgehead atoms. The molecule has 0 aromatic rings. The van der Waals surface area contributed by atoms with E-state index in [0.717, 1.165) is 25.3 Å². The first-order chi connectivity index (χ1) is 8.39. The maximum atomic E-state index is 6.14. The van der Waals surface area contributed by atoms with Crippen molar-refractivity contribution in [1.29, 1.82) is 0 Å². The van der Waals surface area contributed by atoms with Gasteiger partial charge in [-0.1, -0.05) is 32.4 Å². The fourth-order valence-electron chi connectivity index (χ4n) is 2.02. The average molecular weight is 289 g/mol. The van der Waals surface area contributed by atoms with Gasteiger partial charge in [0.05, 0.1) is 0 Å². The molecular formula is C14H32O2Si2. The Kier molecular flexibility index (Phi) is 9.12. The second kappa shape index (κ2) is 9.07. The third kappa shape index (κ3) is 8.24. The summed E-state index contributed by atoms with van der Waals surface area (Å²) in [6.07, 6.45) is 4.71. The van der Waals surface area contributed by atoms with Crippen molar-refractivity contribution in [2.45, 2.75) is 64.8 Å². The lowest BCUT2D eigenvalue weighted by Crippen LogP contribution is -2.45. The van der Waals surface area contributed by atoms with Gasteiger partial charge in [-0.3, -0.25) is 0 Å². The monoisotopic (exact) mass is 288 g/mol. The SMILES string of the molecule is C=C[Si](C)(C[Si](C)(C)OCCCC)OCCCC. The third-order valence-electron chi connectivity index (χ3n) is 3.13. The number of unbranched alkanes of at least 4 members (excludes halogenated alkanes) is 2. The molecule has 0 saturated heterocycles. The molecule has 0 saturated carbocycles. The number of rotatable bonds is 11. The molecule has 108 valence electrons. The lowest BCUT2D eigenvalue weighted by Gasteiger charge is -2.32. The quantitative estimate of drug-likeness (QED) is 0.406. The van der Waals surface area contributed by atoms with Gasteiger partial charge in [0.25, 0.3) is 0 Å². The van der Waals surface area contributed by atoms with Gasteiger partial charge < -0.3 is 8.85 Å². The molecule has 0 spiro atoms. The smallest absolute Gasteiger partial charge is 0.213 e. The van der Waals surface area contributed by atoms with Gasteiger partial charge in [0.15, 0.2) is 8.32 Å². The molecular weight excluding hydrogens is 256 g/mol. The van der Waals surface area contributed by atoms with Crippen LogP contribution in [0.5, 0.6) is 0 Å². The topological polar surface area (TPSA) is 18.5 Å². The normalized spacial score (nSPS) is 15.4. The molecule has 0 aromatic carbocycles. The lowest BCUT2D eigenvalue weighted by atomic mass is 10.4. The van der Waals surface area contributed by atoms with Crippen LogP contribution in [0, 0.1) is 0 Å². The van der Waals surface area contributed by atoms with E-state index in [1.54, 1.807) is 0 Å². The van der Waals surface area contributed by atoms with Crippen LogP contribution in [0.2, 0.25) is 25.3 Å². The Bertz CT molecular complexity index is 232. The zero-order chi connectivity index (χ0) is 14.1. The average Bonchev–Trinajstić information content (AvgIpc) is 2.29. The van der Waals surface area contributed by atoms with E-state index < -0.39 is 16.6 Å². The van der Waals surface area contributed by atoms with Crippen LogP contribution in [-0.2, 0) is 8.85 Å². The molecule has 1 atom stereocenters. The summed E-state index contributed by atoms with van der Waals surface area (Å²) in [6.45, 7) is 17.1. The maximum absolute atomic E-state index is 6.14. The molecule has 0 rings (SSSR count). The van der Waals surface area contributed by atoms with Gasteiger partial charge in [-0.25, -0.2) is 0 Å². The maximum Gasteiger partial charge on any atom is 0.213 e. The van der Waals surface area contributed by atoms with Crippen LogP contribution in [0.15, 0.2) is 12.3 Å². The Morgan fingerprint density at radius 2 is 1.44 bits per heavy atom. The van der Waals surface area contributed by atoms with Gasteiger partial charge in [0, 0.05) is 13.2 Å². The van der Waals surface area contributed by atoms with Gasteiger partial charge in [0.1, 0.15) is 0 Å². The minimum absolute atomic E-state index is 0.880. The summed E-state index contributed by atoms with van der Waals surface area (Å²) in [6, 6.07) is 0. The molecule has 0 aromatic heterocycles. The van der Waals surface area contributed by atoms with Crippen molar-refractivity contribution in [2.75, 3.05) is 13.2 Å². The molecule has 0 fully saturated rings. The molecule has 4 heteroatoms. The highest BCUT2D eigenvalue weighted by Gasteiger charge is 2.36. The molecule has 0 heterocycles. The molecule has 1 unspecified atom stereocenters. The highest BCUT2D eigenvalue weighted by molar-refractivity contribution is 6.92. The minimum Gasteiger partial charge on any atom is -0.418 e. The minimum atomic E-state index is -1.76. The molecule has 0 radical (unpaired) electrons. The Morgan fingerprint density at radius 3 is 1.89 bits per heavy atom. The van der Waals surface area contributed by atoms with Crippen molar-refractivity contribution in [1.82, 2.24) is 0 Å². The molecule has 18 heavy (non-hydrogen) atoms. The highest BCUT2D eigenvalue weighted by atomic mass is 28.4. The van der Waals surface area contributed by atoms with Crippen molar-refractivity contribution in [3.8, 4) is 0 Å². The Morgan fingerprint density at radius 1 is 0.944 bits per heavy atom. The van der Waals surface area contributed by atoms with Crippen LogP contribution in [0.4, 0.5) is 0 Å². The number of hydrogen-bond donors (Lipinski definition) is 0. The van der Waals surface area contributed by atoms with Gasteiger partial charge in [-0.05, 0) is 38.2 Å². The van der Waals surface area contributed by atoms with Crippen LogP contribution in [-0.4, -0.2) is 29.8 Å². The predicted octanol–water partition coefficient (Wildman–Crippen LogP) is 4.66. The van der Waals surface area contributed by atoms with Crippen molar-refractivity contribution < 1.29 is 8.85 Å². The van der Waals surface area contributed by atoms with E-state index in [2.05, 4.69) is 45.8 Å². The predicted molar refractivity (Wildman–Crippen MR) is 85.8 cm³/mol. The zero-order valence-electron chi connectivity index (χ0n) is 13.1. The van der Waals surface area contributed by atoms with E-state index in [-0.39, 0.29) is 0 Å². The summed E-state index contributed by atoms with van der Waals surface area (Å²) in [4.78, 5) is 0. The Labute approximate surface area is 116 Å². The lowest BCUT2D eigenvalue weighted by molar-refractivity contribution is 0.288. The van der Waals surface area contributed by atoms with E-state index >= 15 is 0 Å². The second-order valence-corrected chi connectivity index (χ2v) is 14.4. The summed E-state index contributed by atoms with van der Waals surface area (Å²) in [7, 11) is -3.35. The standard InChI is InChI=1S/C14H32O2Si2/c1-7-10-12-15-17(4,5)14-18(6,9-3)16-13-11-8-2/h9H,3,7-8,10-14H2,1-2,4-6H3. The van der Waals surface area contributed by atoms with E-state index in [9.17, 15) is 0 Å². The van der Waals surface area contributed by atoms with Gasteiger partial charge in [-0.2, -0.15) is 0 Å². The van der Waals surface area contributed by atoms with Crippen LogP contribution in [0.25, 0.3) is 0 Å². The van der Waals surface area contributed by atoms with Crippen molar-refractivity contribution in [3.05, 3.63) is 12.3 Å². The number of hydrogen-bond acceptors (Lipinski definition) is 2. The van der Waals surface area contributed by atoms with Crippen molar-refractivity contribution in [2.24, 2.45) is 0 Å². The summed E-state index contributed by atoms with van der Waals surface area (Å²) in [5, 5.41) is 0. The summed E-state index contributed by atoms with van der Waals surface area (Å²) in [5.74, 6) is 0. The molecule has 2 nitrogen and oxygen atoms in total. The first-order valence-electron chi connectivity index (χ1n) is 7.30. The largest absolute Gasteiger partial charge is 0.418 e. The van der Waals surface area contributed by atoms with Crippen LogP contribution >= 0.6 is 0 Å². The van der Waals surface area contributed by atoms with Gasteiger partial charge in [-0.15, -0.1) is 6.58 Å². The van der Waals surface area contributed by atoms with Crippen LogP contribution < -0.4 is 0 Å². The van der Waals surface area contributed by atoms with Gasteiger partial charge in [0.2, 0.25) is 8.32 Å². The summed E-state index contributed by atoms with van der Waals surface area (Å²) >= 11 is 0. The molecule has 0 N–H and O–H groups in total. The fraction of sp³-hybridized carbons (Fsp3) is 0.857. The van der Waals surface area contributed by atoms with Crippen molar-refractivity contribution in [3.63, 3.8) is 0 Å². The Hall–Kier alpha value is 0.0938. The van der Waals surface area contributed by atoms with E-state index in [1.807, 2.05) is 0 Å². The van der Waals surface area contributed by atoms with Crippen LogP contribution in [0.3, 0.4) is 0 Å². The third-order valence-corrected chi connectivity index (χ3v) is 12.1. The molecule has 0 amide bonds. The second-order valence-electron chi connectivity index (χ2n) is 5.86. The first-order valence-corrected chi connectivity index (χ1v) is 13.1. The zero-order valence-corrected chi connectivity index (χ0v) is 15.1. The molecule has 0 aliphatic heterocycles. The van der Waals surface area contributed by atoms with E-state index in [0.29, 0.717) is 0 Å². The summed E-state index contributed by atoms with van der Waals surface area (Å²) < 4.78 is 12.3. The molecule has 0 aliphatic rings. The van der Waals surface area contributed by atoms with Crippen LogP contribution in [0.1, 0.15) is 39.5 Å². The molecule has 0 aliphatic carbocycles. The highest BCUT2D eigenvalue weighted by Crippen LogP contribution is 2.23. The summed E-state index contributed by atoms with van der Waals surface area (Å²) in [5.41, 5.74) is 3.21. The first kappa shape index (κ1) is 18.1. The Balaban J connectivity index is 4.25. The van der Waals surface area contributed by atoms with E-state index in [1.165, 1.54) is 19.3 Å². The van der Waals surface area contributed by atoms with Gasteiger partial charge >= 0.3 is 0 Å². The van der Waals surface area contributed by atoms with E-state index in [4.69, 9.17) is 8.85 Å². The fourth-order valence-corrected chi connectivity index (χ4v) is 11.6. The van der Waals surface area contributed by atoms with Crippen molar-refractivity contribution >= 4 is 16.6 Å².